The van der Waals surface area contributed by atoms with Crippen LogP contribution in [0.2, 0.25) is 0 Å². The van der Waals surface area contributed by atoms with Crippen LogP contribution in [0.15, 0.2) is 29.2 Å². The zero-order chi connectivity index (χ0) is 15.0. The summed E-state index contributed by atoms with van der Waals surface area (Å²) in [6.45, 7) is 1.01. The Bertz CT molecular complexity index is 587. The van der Waals surface area contributed by atoms with Crippen LogP contribution in [0, 0.1) is 0 Å². The fourth-order valence-corrected chi connectivity index (χ4v) is 3.26. The number of hydrogen-bond acceptors (Lipinski definition) is 4. The lowest BCUT2D eigenvalue weighted by Crippen LogP contribution is -2.31. The third kappa shape index (κ3) is 2.62. The van der Waals surface area contributed by atoms with E-state index in [9.17, 15) is 21.6 Å². The highest BCUT2D eigenvalue weighted by atomic mass is 32.2. The Morgan fingerprint density at radius 2 is 1.95 bits per heavy atom. The van der Waals surface area contributed by atoms with Crippen molar-refractivity contribution in [3.05, 3.63) is 24.3 Å². The van der Waals surface area contributed by atoms with E-state index in [4.69, 9.17) is 0 Å². The van der Waals surface area contributed by atoms with Crippen molar-refractivity contribution in [3.63, 3.8) is 0 Å². The second kappa shape index (κ2) is 5.25. The van der Waals surface area contributed by atoms with E-state index in [1.54, 1.807) is 11.9 Å². The summed E-state index contributed by atoms with van der Waals surface area (Å²) in [5, 5.41) is 3.04. The first kappa shape index (κ1) is 15.1. The van der Waals surface area contributed by atoms with Gasteiger partial charge in [-0.3, -0.25) is 0 Å². The molecular weight excluding hydrogens is 293 g/mol. The van der Waals surface area contributed by atoms with Crippen molar-refractivity contribution >= 4 is 15.5 Å². The lowest BCUT2D eigenvalue weighted by molar-refractivity contribution is -0.0435. The maximum atomic E-state index is 12.7. The van der Waals surface area contributed by atoms with E-state index in [2.05, 4.69) is 5.32 Å². The van der Waals surface area contributed by atoms with Crippen molar-refractivity contribution in [1.29, 1.82) is 0 Å². The summed E-state index contributed by atoms with van der Waals surface area (Å²) >= 11 is 0. The molecule has 1 aliphatic heterocycles. The number of anilines is 1. The number of hydrogen-bond donors (Lipinski definition) is 1. The van der Waals surface area contributed by atoms with Gasteiger partial charge in [0.05, 0.1) is 10.6 Å². The summed E-state index contributed by atoms with van der Waals surface area (Å²) in [5.41, 5.74) is -5.17. The van der Waals surface area contributed by atoms with Crippen molar-refractivity contribution in [1.82, 2.24) is 5.32 Å². The van der Waals surface area contributed by atoms with E-state index in [1.165, 1.54) is 18.2 Å². The Hall–Kier alpha value is -1.28. The molecule has 112 valence electrons. The predicted octanol–water partition coefficient (Wildman–Crippen LogP) is 1.78. The molecule has 1 aromatic carbocycles. The molecule has 0 amide bonds. The highest BCUT2D eigenvalue weighted by Gasteiger charge is 2.48. The van der Waals surface area contributed by atoms with Crippen molar-refractivity contribution in [3.8, 4) is 0 Å². The fourth-order valence-electron chi connectivity index (χ4n) is 2.29. The Labute approximate surface area is 115 Å². The summed E-state index contributed by atoms with van der Waals surface area (Å²) in [4.78, 5) is 0.990. The minimum Gasteiger partial charge on any atom is -0.369 e. The molecule has 0 radical (unpaired) electrons. The SMILES string of the molecule is CNC1CCN(c2ccccc2S(=O)(=O)C(F)(F)F)C1. The molecule has 0 saturated carbocycles. The van der Waals surface area contributed by atoms with Crippen LogP contribution in [0.4, 0.5) is 18.9 Å². The second-order valence-electron chi connectivity index (χ2n) is 4.64. The zero-order valence-electron chi connectivity index (χ0n) is 10.8. The van der Waals surface area contributed by atoms with Gasteiger partial charge in [0.25, 0.3) is 9.84 Å². The maximum Gasteiger partial charge on any atom is 0.501 e. The van der Waals surface area contributed by atoms with E-state index in [1.807, 2.05) is 0 Å². The van der Waals surface area contributed by atoms with Crippen molar-refractivity contribution in [2.45, 2.75) is 22.9 Å². The molecule has 0 aliphatic carbocycles. The summed E-state index contributed by atoms with van der Waals surface area (Å²) in [6, 6.07) is 5.41. The molecule has 0 bridgehead atoms. The van der Waals surface area contributed by atoms with Crippen LogP contribution >= 0.6 is 0 Å². The van der Waals surface area contributed by atoms with Crippen molar-refractivity contribution < 1.29 is 21.6 Å². The van der Waals surface area contributed by atoms with Crippen LogP contribution in [0.1, 0.15) is 6.42 Å². The molecule has 1 aromatic rings. The first-order valence-corrected chi connectivity index (χ1v) is 7.58. The van der Waals surface area contributed by atoms with Gasteiger partial charge < -0.3 is 10.2 Å². The molecule has 4 nitrogen and oxygen atoms in total. The number of halogens is 3. The Morgan fingerprint density at radius 3 is 2.50 bits per heavy atom. The Kier molecular flexibility index (Phi) is 3.97. The molecule has 20 heavy (non-hydrogen) atoms. The molecule has 0 aromatic heterocycles. The normalized spacial score (nSPS) is 20.4. The minimum atomic E-state index is -5.33. The molecule has 1 aliphatic rings. The molecule has 1 atom stereocenters. The average Bonchev–Trinajstić information content (AvgIpc) is 2.86. The van der Waals surface area contributed by atoms with E-state index in [-0.39, 0.29) is 11.7 Å². The lowest BCUT2D eigenvalue weighted by atomic mass is 10.3. The monoisotopic (exact) mass is 308 g/mol. The number of likely N-dealkylation sites (N-methyl/N-ethyl adjacent to an activating group) is 1. The highest BCUT2D eigenvalue weighted by Crippen LogP contribution is 2.36. The molecule has 1 fully saturated rings. The van der Waals surface area contributed by atoms with Gasteiger partial charge in [-0.05, 0) is 25.6 Å². The van der Waals surface area contributed by atoms with Gasteiger partial charge in [-0.1, -0.05) is 12.1 Å². The molecule has 1 N–H and O–H groups in total. The summed E-state index contributed by atoms with van der Waals surface area (Å²) < 4.78 is 61.4. The summed E-state index contributed by atoms with van der Waals surface area (Å²) in [6.07, 6.45) is 0.761. The number of sulfone groups is 1. The lowest BCUT2D eigenvalue weighted by Gasteiger charge is -2.22. The van der Waals surface area contributed by atoms with Gasteiger partial charge in [0, 0.05) is 19.1 Å². The molecular formula is C12H15F3N2O2S. The summed E-state index contributed by atoms with van der Waals surface area (Å²) in [5.74, 6) is 0. The average molecular weight is 308 g/mol. The largest absolute Gasteiger partial charge is 0.501 e. The van der Waals surface area contributed by atoms with Crippen molar-refractivity contribution in [2.75, 3.05) is 25.0 Å². The van der Waals surface area contributed by atoms with Crippen LogP contribution < -0.4 is 10.2 Å². The van der Waals surface area contributed by atoms with Crippen LogP contribution in [-0.4, -0.2) is 40.1 Å². The molecule has 2 rings (SSSR count). The van der Waals surface area contributed by atoms with Gasteiger partial charge in [0.15, 0.2) is 0 Å². The first-order chi connectivity index (χ1) is 9.27. The second-order valence-corrected chi connectivity index (χ2v) is 6.55. The number of nitrogens with zero attached hydrogens (tertiary/aromatic N) is 1. The predicted molar refractivity (Wildman–Crippen MR) is 69.4 cm³/mol. The first-order valence-electron chi connectivity index (χ1n) is 6.10. The molecule has 1 saturated heterocycles. The minimum absolute atomic E-state index is 0.113. The quantitative estimate of drug-likeness (QED) is 0.925. The highest BCUT2D eigenvalue weighted by molar-refractivity contribution is 7.92. The zero-order valence-corrected chi connectivity index (χ0v) is 11.6. The number of para-hydroxylation sites is 1. The van der Waals surface area contributed by atoms with Gasteiger partial charge in [0.2, 0.25) is 0 Å². The van der Waals surface area contributed by atoms with Gasteiger partial charge >= 0.3 is 5.51 Å². The van der Waals surface area contributed by atoms with Crippen molar-refractivity contribution in [2.24, 2.45) is 0 Å². The van der Waals surface area contributed by atoms with E-state index in [0.29, 0.717) is 13.1 Å². The number of alkyl halides is 3. The molecule has 1 heterocycles. The van der Waals surface area contributed by atoms with Gasteiger partial charge in [-0.25, -0.2) is 8.42 Å². The Morgan fingerprint density at radius 1 is 1.30 bits per heavy atom. The van der Waals surface area contributed by atoms with E-state index >= 15 is 0 Å². The van der Waals surface area contributed by atoms with Gasteiger partial charge in [-0.2, -0.15) is 13.2 Å². The number of nitrogens with one attached hydrogen (secondary N) is 1. The van der Waals surface area contributed by atoms with E-state index in [0.717, 1.165) is 12.5 Å². The molecule has 1 unspecified atom stereocenters. The standard InChI is InChI=1S/C12H15F3N2O2S/c1-16-9-6-7-17(8-9)10-4-2-3-5-11(10)20(18,19)12(13,14)15/h2-5,9,16H,6-8H2,1H3. The third-order valence-electron chi connectivity index (χ3n) is 3.40. The third-order valence-corrected chi connectivity index (χ3v) is 4.93. The fraction of sp³-hybridized carbons (Fsp3) is 0.500. The maximum absolute atomic E-state index is 12.7. The molecule has 0 spiro atoms. The van der Waals surface area contributed by atoms with Crippen LogP contribution in [0.25, 0.3) is 0 Å². The number of benzene rings is 1. The van der Waals surface area contributed by atoms with Gasteiger partial charge in [-0.15, -0.1) is 0 Å². The van der Waals surface area contributed by atoms with Gasteiger partial charge in [0.1, 0.15) is 0 Å². The van der Waals surface area contributed by atoms with E-state index < -0.39 is 20.2 Å². The molecule has 8 heteroatoms. The smallest absolute Gasteiger partial charge is 0.369 e. The van der Waals surface area contributed by atoms with Crippen LogP contribution in [0.5, 0.6) is 0 Å². The Balaban J connectivity index is 2.43. The summed E-state index contributed by atoms with van der Waals surface area (Å²) in [7, 11) is -3.56. The van der Waals surface area contributed by atoms with Crippen LogP contribution in [-0.2, 0) is 9.84 Å². The number of rotatable bonds is 3. The topological polar surface area (TPSA) is 49.4 Å². The van der Waals surface area contributed by atoms with Crippen LogP contribution in [0.3, 0.4) is 0 Å².